The largest absolute Gasteiger partial charge is 0.417 e. The van der Waals surface area contributed by atoms with Crippen molar-refractivity contribution in [1.82, 2.24) is 19.7 Å². The number of carbonyl (C=O) groups is 2. The minimum absolute atomic E-state index is 0.00639. The van der Waals surface area contributed by atoms with Crippen LogP contribution in [0.15, 0.2) is 59.5 Å². The van der Waals surface area contributed by atoms with E-state index >= 15 is 0 Å². The molecule has 2 aliphatic rings. The van der Waals surface area contributed by atoms with Crippen LogP contribution in [0.2, 0.25) is 0 Å². The Labute approximate surface area is 253 Å². The number of aromatic amines is 1. The molecule has 2 aliphatic heterocycles. The lowest BCUT2D eigenvalue weighted by molar-refractivity contribution is -0.138. The van der Waals surface area contributed by atoms with E-state index in [0.717, 1.165) is 49.1 Å². The zero-order valence-electron chi connectivity index (χ0n) is 24.5. The van der Waals surface area contributed by atoms with Crippen molar-refractivity contribution in [2.45, 2.75) is 12.7 Å². The van der Waals surface area contributed by atoms with E-state index < -0.39 is 28.8 Å². The average Bonchev–Trinajstić information content (AvgIpc) is 3.01. The number of amides is 2. The molecule has 2 aromatic carbocycles. The topological polar surface area (TPSA) is 118 Å². The van der Waals surface area contributed by atoms with Gasteiger partial charge in [-0.15, -0.1) is 0 Å². The monoisotopic (exact) mass is 611 g/mol. The SMILES string of the molecule is CN1CCN(c2ccc(-c3cccc(CN4CCN(C(=O)CN)CC4)c3)cc2NC(=O)c2c[nH]c(=O)cc2C(F)(F)F)CC1. The van der Waals surface area contributed by atoms with Crippen molar-refractivity contribution < 1.29 is 22.8 Å². The number of anilines is 2. The molecule has 1 aromatic heterocycles. The molecule has 234 valence electrons. The summed E-state index contributed by atoms with van der Waals surface area (Å²) in [4.78, 5) is 47.4. The zero-order chi connectivity index (χ0) is 31.4. The molecule has 3 heterocycles. The number of benzene rings is 2. The Morgan fingerprint density at radius 3 is 2.32 bits per heavy atom. The minimum Gasteiger partial charge on any atom is -0.367 e. The van der Waals surface area contributed by atoms with Gasteiger partial charge in [-0.3, -0.25) is 19.3 Å². The second kappa shape index (κ2) is 13.2. The Kier molecular flexibility index (Phi) is 9.37. The molecular formula is C31H36F3N7O3. The highest BCUT2D eigenvalue weighted by Gasteiger charge is 2.36. The number of halogens is 3. The number of alkyl halides is 3. The molecule has 10 nitrogen and oxygen atoms in total. The number of pyridine rings is 1. The van der Waals surface area contributed by atoms with E-state index in [1.165, 1.54) is 0 Å². The van der Waals surface area contributed by atoms with Gasteiger partial charge in [0.05, 0.1) is 29.0 Å². The molecule has 0 atom stereocenters. The van der Waals surface area contributed by atoms with Crippen LogP contribution in [0.25, 0.3) is 11.1 Å². The van der Waals surface area contributed by atoms with Crippen molar-refractivity contribution in [2.24, 2.45) is 5.73 Å². The normalized spacial score (nSPS) is 16.7. The lowest BCUT2D eigenvalue weighted by Gasteiger charge is -2.35. The van der Waals surface area contributed by atoms with Crippen molar-refractivity contribution in [3.63, 3.8) is 0 Å². The highest BCUT2D eigenvalue weighted by Crippen LogP contribution is 2.35. The first-order valence-electron chi connectivity index (χ1n) is 14.5. The Hall–Kier alpha value is -4.20. The summed E-state index contributed by atoms with van der Waals surface area (Å²) in [7, 11) is 2.02. The van der Waals surface area contributed by atoms with E-state index in [2.05, 4.69) is 31.1 Å². The van der Waals surface area contributed by atoms with Crippen LogP contribution in [-0.2, 0) is 17.5 Å². The van der Waals surface area contributed by atoms with Crippen molar-refractivity contribution >= 4 is 23.2 Å². The summed E-state index contributed by atoms with van der Waals surface area (Å²) in [6, 6.07) is 14.0. The number of nitrogens with one attached hydrogen (secondary N) is 2. The number of nitrogens with zero attached hydrogens (tertiary/aromatic N) is 4. The highest BCUT2D eigenvalue weighted by molar-refractivity contribution is 6.07. The Bertz CT molecular complexity index is 1560. The predicted molar refractivity (Wildman–Crippen MR) is 163 cm³/mol. The van der Waals surface area contributed by atoms with E-state index in [1.54, 1.807) is 11.0 Å². The number of rotatable bonds is 7. The number of aromatic nitrogens is 1. The molecule has 0 unspecified atom stereocenters. The first-order chi connectivity index (χ1) is 21.0. The molecule has 0 saturated carbocycles. The summed E-state index contributed by atoms with van der Waals surface area (Å²) in [5.41, 5.74) is 6.42. The molecular weight excluding hydrogens is 575 g/mol. The van der Waals surface area contributed by atoms with Gasteiger partial charge < -0.3 is 30.7 Å². The predicted octanol–water partition coefficient (Wildman–Crippen LogP) is 2.67. The van der Waals surface area contributed by atoms with Gasteiger partial charge in [-0.05, 0) is 41.9 Å². The summed E-state index contributed by atoms with van der Waals surface area (Å²) in [5.74, 6) is -1.02. The van der Waals surface area contributed by atoms with Gasteiger partial charge in [-0.1, -0.05) is 24.3 Å². The summed E-state index contributed by atoms with van der Waals surface area (Å²) in [5, 5.41) is 2.71. The van der Waals surface area contributed by atoms with Gasteiger partial charge >= 0.3 is 6.18 Å². The molecule has 2 fully saturated rings. The minimum atomic E-state index is -4.88. The van der Waals surface area contributed by atoms with Gasteiger partial charge in [0.1, 0.15) is 0 Å². The molecule has 0 aliphatic carbocycles. The van der Waals surface area contributed by atoms with E-state index in [-0.39, 0.29) is 12.5 Å². The third-order valence-corrected chi connectivity index (χ3v) is 8.13. The van der Waals surface area contributed by atoms with Crippen molar-refractivity contribution in [2.75, 3.05) is 76.2 Å². The van der Waals surface area contributed by atoms with Crippen LogP contribution in [-0.4, -0.2) is 97.4 Å². The third kappa shape index (κ3) is 7.29. The van der Waals surface area contributed by atoms with E-state index in [0.29, 0.717) is 50.2 Å². The van der Waals surface area contributed by atoms with Crippen LogP contribution in [0.1, 0.15) is 21.5 Å². The third-order valence-electron chi connectivity index (χ3n) is 8.13. The fraction of sp³-hybridized carbons (Fsp3) is 0.387. The molecule has 4 N–H and O–H groups in total. The fourth-order valence-electron chi connectivity index (χ4n) is 5.61. The van der Waals surface area contributed by atoms with Crippen molar-refractivity contribution in [3.8, 4) is 11.1 Å². The first-order valence-corrected chi connectivity index (χ1v) is 14.5. The molecule has 0 bridgehead atoms. The number of likely N-dealkylation sites (N-methyl/N-ethyl adjacent to an activating group) is 1. The van der Waals surface area contributed by atoms with Gasteiger partial charge in [-0.2, -0.15) is 13.2 Å². The molecule has 3 aromatic rings. The maximum absolute atomic E-state index is 13.7. The van der Waals surface area contributed by atoms with Gasteiger partial charge in [-0.25, -0.2) is 0 Å². The van der Waals surface area contributed by atoms with Crippen LogP contribution in [0.3, 0.4) is 0 Å². The van der Waals surface area contributed by atoms with Crippen LogP contribution < -0.4 is 21.5 Å². The van der Waals surface area contributed by atoms with Crippen LogP contribution in [0.4, 0.5) is 24.5 Å². The average molecular weight is 612 g/mol. The maximum Gasteiger partial charge on any atom is 0.417 e. The van der Waals surface area contributed by atoms with Gasteiger partial charge in [0.2, 0.25) is 11.5 Å². The number of hydrogen-bond donors (Lipinski definition) is 3. The van der Waals surface area contributed by atoms with E-state index in [1.807, 2.05) is 37.4 Å². The number of H-pyrrole nitrogens is 1. The molecule has 2 saturated heterocycles. The first kappa shape index (κ1) is 31.2. The number of nitrogens with two attached hydrogens (primary N) is 1. The number of hydrogen-bond acceptors (Lipinski definition) is 7. The highest BCUT2D eigenvalue weighted by atomic mass is 19.4. The van der Waals surface area contributed by atoms with Crippen molar-refractivity contribution in [3.05, 3.63) is 81.8 Å². The molecule has 44 heavy (non-hydrogen) atoms. The van der Waals surface area contributed by atoms with Gasteiger partial charge in [0.25, 0.3) is 5.91 Å². The van der Waals surface area contributed by atoms with E-state index in [9.17, 15) is 27.6 Å². The lowest BCUT2D eigenvalue weighted by atomic mass is 10.0. The molecule has 0 spiro atoms. The van der Waals surface area contributed by atoms with Gasteiger partial charge in [0.15, 0.2) is 0 Å². The smallest absolute Gasteiger partial charge is 0.367 e. The van der Waals surface area contributed by atoms with E-state index in [4.69, 9.17) is 5.73 Å². The summed E-state index contributed by atoms with van der Waals surface area (Å²) < 4.78 is 41.2. The summed E-state index contributed by atoms with van der Waals surface area (Å²) >= 11 is 0. The summed E-state index contributed by atoms with van der Waals surface area (Å²) in [6.07, 6.45) is -4.08. The maximum atomic E-state index is 13.7. The molecule has 0 radical (unpaired) electrons. The Morgan fingerprint density at radius 2 is 1.64 bits per heavy atom. The lowest BCUT2D eigenvalue weighted by Crippen LogP contribution is -2.49. The van der Waals surface area contributed by atoms with Crippen LogP contribution in [0.5, 0.6) is 0 Å². The molecule has 13 heteroatoms. The fourth-order valence-corrected chi connectivity index (χ4v) is 5.61. The second-order valence-corrected chi connectivity index (χ2v) is 11.2. The second-order valence-electron chi connectivity index (χ2n) is 11.2. The molecule has 2 amide bonds. The molecule has 5 rings (SSSR count). The van der Waals surface area contributed by atoms with Crippen LogP contribution >= 0.6 is 0 Å². The summed E-state index contributed by atoms with van der Waals surface area (Å²) in [6.45, 7) is 6.37. The standard InChI is InChI=1S/C31H36F3N7O3/c1-38-7-11-40(12-8-38)27-6-5-23(16-26(27)37-30(44)24-19-36-28(42)17-25(24)31(32,33)34)22-4-2-3-21(15-22)20-39-9-13-41(14-10-39)29(43)18-35/h2-6,15-17,19H,7-14,18,20,35H2,1H3,(H,36,42)(H,37,44). The quantitative estimate of drug-likeness (QED) is 0.376. The van der Waals surface area contributed by atoms with Gasteiger partial charge in [0, 0.05) is 71.2 Å². The zero-order valence-corrected chi connectivity index (χ0v) is 24.5. The van der Waals surface area contributed by atoms with Crippen molar-refractivity contribution in [1.29, 1.82) is 0 Å². The Morgan fingerprint density at radius 1 is 0.932 bits per heavy atom. The Balaban J connectivity index is 1.42. The number of carbonyl (C=O) groups excluding carboxylic acids is 2. The number of piperazine rings is 2. The van der Waals surface area contributed by atoms with Crippen LogP contribution in [0, 0.1) is 0 Å².